The fourth-order valence-electron chi connectivity index (χ4n) is 2.97. The lowest BCUT2D eigenvalue weighted by atomic mass is 9.99. The van der Waals surface area contributed by atoms with Gasteiger partial charge in [0.25, 0.3) is 5.91 Å². The van der Waals surface area contributed by atoms with E-state index in [9.17, 15) is 18.0 Å². The summed E-state index contributed by atoms with van der Waals surface area (Å²) in [4.78, 5) is 16.4. The molecular formula is C16H17ClF3N5O. The maximum Gasteiger partial charge on any atom is 0.434 e. The number of nitrogens with zero attached hydrogens (tertiary/aromatic N) is 3. The molecule has 1 aliphatic heterocycles. The highest BCUT2D eigenvalue weighted by Crippen LogP contribution is 2.34. The van der Waals surface area contributed by atoms with Crippen LogP contribution in [0.25, 0.3) is 5.82 Å². The monoisotopic (exact) mass is 387 g/mol. The standard InChI is InChI=1S/C16H17ClF3N5O/c1-9-12(5-3-6-21-9)24-15(26)10-8-23-25(13(10)16(18,19)20)14-11(17)4-2-7-22-14/h2,4,7-9,12,21H,3,5-6H2,1H3,(H,24,26). The van der Waals surface area contributed by atoms with Gasteiger partial charge in [-0.2, -0.15) is 18.3 Å². The molecular weight excluding hydrogens is 371 g/mol. The third kappa shape index (κ3) is 3.68. The average molecular weight is 388 g/mol. The lowest BCUT2D eigenvalue weighted by molar-refractivity contribution is -0.143. The summed E-state index contributed by atoms with van der Waals surface area (Å²) in [5, 5.41) is 9.57. The number of pyridine rings is 1. The molecule has 2 N–H and O–H groups in total. The van der Waals surface area contributed by atoms with E-state index in [1.807, 2.05) is 6.92 Å². The predicted octanol–water partition coefficient (Wildman–Crippen LogP) is 2.81. The number of nitrogens with one attached hydrogen (secondary N) is 2. The third-order valence-electron chi connectivity index (χ3n) is 4.30. The van der Waals surface area contributed by atoms with E-state index in [4.69, 9.17) is 11.6 Å². The molecule has 0 spiro atoms. The zero-order chi connectivity index (χ0) is 18.9. The highest BCUT2D eigenvalue weighted by molar-refractivity contribution is 6.32. The van der Waals surface area contributed by atoms with Gasteiger partial charge in [-0.25, -0.2) is 9.67 Å². The van der Waals surface area contributed by atoms with Gasteiger partial charge in [-0.15, -0.1) is 0 Å². The van der Waals surface area contributed by atoms with Crippen molar-refractivity contribution in [3.8, 4) is 5.82 Å². The molecule has 140 valence electrons. The molecule has 26 heavy (non-hydrogen) atoms. The van der Waals surface area contributed by atoms with Crippen molar-refractivity contribution in [3.63, 3.8) is 0 Å². The van der Waals surface area contributed by atoms with E-state index >= 15 is 0 Å². The molecule has 6 nitrogen and oxygen atoms in total. The van der Waals surface area contributed by atoms with E-state index in [-0.39, 0.29) is 22.9 Å². The lowest BCUT2D eigenvalue weighted by Gasteiger charge is -2.30. The van der Waals surface area contributed by atoms with Crippen LogP contribution in [0.4, 0.5) is 13.2 Å². The van der Waals surface area contributed by atoms with Crippen LogP contribution < -0.4 is 10.6 Å². The molecule has 2 aromatic heterocycles. The Balaban J connectivity index is 1.97. The average Bonchev–Trinajstić information content (AvgIpc) is 3.02. The highest BCUT2D eigenvalue weighted by atomic mass is 35.5. The number of carbonyl (C=O) groups is 1. The quantitative estimate of drug-likeness (QED) is 0.849. The van der Waals surface area contributed by atoms with Crippen LogP contribution in [-0.4, -0.2) is 39.3 Å². The first-order valence-electron chi connectivity index (χ1n) is 8.09. The maximum absolute atomic E-state index is 13.7. The molecule has 2 aromatic rings. The van der Waals surface area contributed by atoms with Gasteiger partial charge >= 0.3 is 6.18 Å². The molecule has 1 amide bonds. The molecule has 0 radical (unpaired) electrons. The third-order valence-corrected chi connectivity index (χ3v) is 4.60. The Kier molecular flexibility index (Phi) is 5.19. The topological polar surface area (TPSA) is 71.8 Å². The van der Waals surface area contributed by atoms with Crippen molar-refractivity contribution in [2.45, 2.75) is 38.0 Å². The highest BCUT2D eigenvalue weighted by Gasteiger charge is 2.41. The fourth-order valence-corrected chi connectivity index (χ4v) is 3.17. The summed E-state index contributed by atoms with van der Waals surface area (Å²) in [6, 6.07) is 2.62. The van der Waals surface area contributed by atoms with E-state index in [0.717, 1.165) is 19.2 Å². The number of amides is 1. The molecule has 10 heteroatoms. The first kappa shape index (κ1) is 18.7. The van der Waals surface area contributed by atoms with Crippen molar-refractivity contribution in [1.82, 2.24) is 25.4 Å². The van der Waals surface area contributed by atoms with Crippen LogP contribution in [0.1, 0.15) is 35.8 Å². The number of aromatic nitrogens is 3. The molecule has 0 bridgehead atoms. The molecule has 0 aliphatic carbocycles. The van der Waals surface area contributed by atoms with Gasteiger partial charge in [0, 0.05) is 18.3 Å². The SMILES string of the molecule is CC1NCCCC1NC(=O)c1cnn(-c2ncccc2Cl)c1C(F)(F)F. The minimum atomic E-state index is -4.81. The second-order valence-corrected chi connectivity index (χ2v) is 6.50. The van der Waals surface area contributed by atoms with Crippen molar-refractivity contribution in [1.29, 1.82) is 0 Å². The first-order chi connectivity index (χ1) is 12.3. The van der Waals surface area contributed by atoms with Crippen LogP contribution >= 0.6 is 11.6 Å². The Hall–Kier alpha value is -2.13. The Bertz CT molecular complexity index is 807. The molecule has 0 saturated carbocycles. The largest absolute Gasteiger partial charge is 0.434 e. The molecule has 3 rings (SSSR count). The van der Waals surface area contributed by atoms with Gasteiger partial charge in [-0.1, -0.05) is 11.6 Å². The van der Waals surface area contributed by atoms with Crippen molar-refractivity contribution in [2.24, 2.45) is 0 Å². The number of alkyl halides is 3. The van der Waals surface area contributed by atoms with Crippen LogP contribution in [0.2, 0.25) is 5.02 Å². The summed E-state index contributed by atoms with van der Waals surface area (Å²) in [6.45, 7) is 2.70. The zero-order valence-electron chi connectivity index (χ0n) is 13.8. The van der Waals surface area contributed by atoms with E-state index < -0.39 is 23.3 Å². The van der Waals surface area contributed by atoms with Gasteiger partial charge in [-0.05, 0) is 38.4 Å². The van der Waals surface area contributed by atoms with Gasteiger partial charge in [-0.3, -0.25) is 4.79 Å². The number of piperidine rings is 1. The zero-order valence-corrected chi connectivity index (χ0v) is 14.6. The lowest BCUT2D eigenvalue weighted by Crippen LogP contribution is -2.52. The van der Waals surface area contributed by atoms with Crippen LogP contribution in [0.5, 0.6) is 0 Å². The molecule has 3 heterocycles. The molecule has 1 saturated heterocycles. The fraction of sp³-hybridized carbons (Fsp3) is 0.438. The van der Waals surface area contributed by atoms with Gasteiger partial charge in [0.15, 0.2) is 11.5 Å². The predicted molar refractivity (Wildman–Crippen MR) is 89.3 cm³/mol. The Morgan fingerprint density at radius 1 is 1.46 bits per heavy atom. The van der Waals surface area contributed by atoms with Gasteiger partial charge < -0.3 is 10.6 Å². The van der Waals surface area contributed by atoms with E-state index in [2.05, 4.69) is 20.7 Å². The Morgan fingerprint density at radius 2 is 2.23 bits per heavy atom. The number of hydrogen-bond donors (Lipinski definition) is 2. The van der Waals surface area contributed by atoms with E-state index in [1.54, 1.807) is 0 Å². The van der Waals surface area contributed by atoms with Crippen molar-refractivity contribution < 1.29 is 18.0 Å². The summed E-state index contributed by atoms with van der Waals surface area (Å²) < 4.78 is 41.5. The summed E-state index contributed by atoms with van der Waals surface area (Å²) in [5.74, 6) is -1.01. The number of carbonyl (C=O) groups excluding carboxylic acids is 1. The molecule has 2 atom stereocenters. The van der Waals surface area contributed by atoms with Crippen molar-refractivity contribution in [2.75, 3.05) is 6.54 Å². The first-order valence-corrected chi connectivity index (χ1v) is 8.47. The van der Waals surface area contributed by atoms with E-state index in [1.165, 1.54) is 18.3 Å². The maximum atomic E-state index is 13.7. The van der Waals surface area contributed by atoms with Crippen molar-refractivity contribution in [3.05, 3.63) is 40.8 Å². The molecule has 2 unspecified atom stereocenters. The number of hydrogen-bond acceptors (Lipinski definition) is 4. The van der Waals surface area contributed by atoms with E-state index in [0.29, 0.717) is 11.1 Å². The second kappa shape index (κ2) is 7.24. The minimum absolute atomic E-state index is 0.00170. The normalized spacial score (nSPS) is 20.8. The summed E-state index contributed by atoms with van der Waals surface area (Å²) >= 11 is 5.94. The second-order valence-electron chi connectivity index (χ2n) is 6.09. The smallest absolute Gasteiger partial charge is 0.348 e. The van der Waals surface area contributed by atoms with Gasteiger partial charge in [0.1, 0.15) is 0 Å². The summed E-state index contributed by atoms with van der Waals surface area (Å²) in [6.07, 6.45) is -1.08. The minimum Gasteiger partial charge on any atom is -0.348 e. The summed E-state index contributed by atoms with van der Waals surface area (Å²) in [7, 11) is 0. The van der Waals surface area contributed by atoms with Gasteiger partial charge in [0.05, 0.1) is 16.8 Å². The number of halogens is 4. The van der Waals surface area contributed by atoms with Crippen molar-refractivity contribution >= 4 is 17.5 Å². The number of rotatable bonds is 3. The van der Waals surface area contributed by atoms with Crippen LogP contribution in [0, 0.1) is 0 Å². The van der Waals surface area contributed by atoms with Gasteiger partial charge in [0.2, 0.25) is 0 Å². The summed E-state index contributed by atoms with van der Waals surface area (Å²) in [5.41, 5.74) is -1.76. The Labute approximate surface area is 152 Å². The van der Waals surface area contributed by atoms with Crippen LogP contribution in [-0.2, 0) is 6.18 Å². The molecule has 1 aliphatic rings. The van der Waals surface area contributed by atoms with Crippen LogP contribution in [0.3, 0.4) is 0 Å². The van der Waals surface area contributed by atoms with Crippen LogP contribution in [0.15, 0.2) is 24.5 Å². The molecule has 1 fully saturated rings. The molecule has 0 aromatic carbocycles. The Morgan fingerprint density at radius 3 is 2.88 bits per heavy atom.